The molecule has 1 aliphatic heterocycles. The highest BCUT2D eigenvalue weighted by Gasteiger charge is 2.22. The van der Waals surface area contributed by atoms with Crippen LogP contribution in [0, 0.1) is 0 Å². The number of rotatable bonds is 2. The molecule has 1 aliphatic carbocycles. The molecule has 158 valence electrons. The van der Waals surface area contributed by atoms with Gasteiger partial charge in [0.25, 0.3) is 0 Å². The second-order valence-electron chi connectivity index (χ2n) is 7.98. The molecule has 29 heavy (non-hydrogen) atoms. The van der Waals surface area contributed by atoms with Crippen LogP contribution in [0.2, 0.25) is 0 Å². The number of nitrogens with one attached hydrogen (secondary N) is 2. The number of hydrogen-bond acceptors (Lipinski definition) is 3. The van der Waals surface area contributed by atoms with E-state index in [1.165, 1.54) is 42.4 Å². The number of H-pyrrole nitrogens is 1. The summed E-state index contributed by atoms with van der Waals surface area (Å²) in [6, 6.07) is 9.66. The Kier molecular flexibility index (Phi) is 7.77. The Morgan fingerprint density at radius 3 is 2.62 bits per heavy atom. The number of aromatic nitrogens is 3. The number of hydrogen-bond donors (Lipinski definition) is 2. The Bertz CT molecular complexity index is 959. The average molecular weight is 419 g/mol. The van der Waals surface area contributed by atoms with Crippen LogP contribution in [0.4, 0.5) is 0 Å². The number of benzene rings is 1. The molecule has 2 unspecified atom stereocenters. The first-order valence-electron chi connectivity index (χ1n) is 9.97. The molecular weight excluding hydrogens is 388 g/mol. The molecule has 1 saturated heterocycles. The normalized spacial score (nSPS) is 20.7. The van der Waals surface area contributed by atoms with Crippen LogP contribution in [0.3, 0.4) is 0 Å². The predicted molar refractivity (Wildman–Crippen MR) is 120 cm³/mol. The smallest absolute Gasteiger partial charge is 0.132 e. The Morgan fingerprint density at radius 1 is 1.03 bits per heavy atom. The van der Waals surface area contributed by atoms with E-state index >= 15 is 0 Å². The molecule has 2 aliphatic rings. The number of halogens is 1. The quantitative estimate of drug-likeness (QED) is 0.665. The van der Waals surface area contributed by atoms with Crippen LogP contribution in [-0.4, -0.2) is 38.5 Å². The fourth-order valence-electron chi connectivity index (χ4n) is 4.55. The minimum atomic E-state index is 0. The first kappa shape index (κ1) is 23.3. The number of aromatic amines is 1. The summed E-state index contributed by atoms with van der Waals surface area (Å²) in [5.41, 5.74) is 7.53. The van der Waals surface area contributed by atoms with Crippen LogP contribution < -0.4 is 5.32 Å². The van der Waals surface area contributed by atoms with E-state index in [0.29, 0.717) is 12.0 Å². The van der Waals surface area contributed by atoms with E-state index in [2.05, 4.69) is 46.5 Å². The van der Waals surface area contributed by atoms with Gasteiger partial charge in [0.15, 0.2) is 0 Å². The molecule has 7 heteroatoms. The van der Waals surface area contributed by atoms with Gasteiger partial charge in [0.2, 0.25) is 0 Å². The first-order valence-corrected chi connectivity index (χ1v) is 9.97. The van der Waals surface area contributed by atoms with Gasteiger partial charge in [-0.1, -0.05) is 12.1 Å². The Balaban J connectivity index is 0.000001000. The van der Waals surface area contributed by atoms with E-state index in [1.54, 1.807) is 0 Å². The Hall–Kier alpha value is -1.99. The van der Waals surface area contributed by atoms with Gasteiger partial charge in [0.1, 0.15) is 5.82 Å². The van der Waals surface area contributed by atoms with Crippen molar-refractivity contribution in [2.24, 2.45) is 0 Å². The van der Waals surface area contributed by atoms with Crippen molar-refractivity contribution in [3.8, 4) is 11.3 Å². The van der Waals surface area contributed by atoms with E-state index in [1.807, 2.05) is 6.20 Å². The molecule has 0 bridgehead atoms. The van der Waals surface area contributed by atoms with Gasteiger partial charge in [-0.25, -0.2) is 9.97 Å². The highest BCUT2D eigenvalue weighted by Crippen LogP contribution is 2.30. The number of fused-ring (bicyclic) bond motifs is 2. The van der Waals surface area contributed by atoms with Gasteiger partial charge in [0, 0.05) is 17.7 Å². The maximum absolute atomic E-state index is 4.90. The van der Waals surface area contributed by atoms with Gasteiger partial charge in [-0.05, 0) is 80.8 Å². The monoisotopic (exact) mass is 418 g/mol. The van der Waals surface area contributed by atoms with Crippen LogP contribution in [0.25, 0.3) is 22.3 Å². The molecule has 1 aromatic carbocycles. The van der Waals surface area contributed by atoms with Crippen LogP contribution in [0.5, 0.6) is 0 Å². The molecule has 2 atom stereocenters. The maximum Gasteiger partial charge on any atom is 0.132 e. The number of nitrogens with zero attached hydrogens (tertiary/aromatic N) is 2. The zero-order chi connectivity index (χ0) is 17.5. The number of piperidine rings is 1. The van der Waals surface area contributed by atoms with Crippen LogP contribution in [0.1, 0.15) is 55.5 Å². The topological polar surface area (TPSA) is 117 Å². The minimum absolute atomic E-state index is 0. The fourth-order valence-corrected chi connectivity index (χ4v) is 4.55. The van der Waals surface area contributed by atoms with E-state index in [9.17, 15) is 0 Å². The van der Waals surface area contributed by atoms with Gasteiger partial charge in [-0.3, -0.25) is 0 Å². The zero-order valence-electron chi connectivity index (χ0n) is 16.8. The zero-order valence-corrected chi connectivity index (χ0v) is 17.6. The first-order chi connectivity index (χ1) is 12.8. The van der Waals surface area contributed by atoms with Gasteiger partial charge in [0.05, 0.1) is 17.2 Å². The van der Waals surface area contributed by atoms with Crippen LogP contribution in [-0.2, 0) is 12.8 Å². The van der Waals surface area contributed by atoms with Crippen molar-refractivity contribution in [2.75, 3.05) is 6.54 Å². The molecule has 0 amide bonds. The summed E-state index contributed by atoms with van der Waals surface area (Å²) in [4.78, 5) is 13.1. The molecule has 3 aromatic rings. The molecule has 1 fully saturated rings. The van der Waals surface area contributed by atoms with Gasteiger partial charge in [-0.2, -0.15) is 0 Å². The van der Waals surface area contributed by atoms with Crippen molar-refractivity contribution in [1.82, 2.24) is 20.3 Å². The van der Waals surface area contributed by atoms with E-state index < -0.39 is 0 Å². The third-order valence-electron chi connectivity index (χ3n) is 6.04. The average Bonchev–Trinajstić information content (AvgIpc) is 3.11. The lowest BCUT2D eigenvalue weighted by Gasteiger charge is -2.26. The third kappa shape index (κ3) is 4.61. The summed E-state index contributed by atoms with van der Waals surface area (Å²) in [5.74, 6) is 1.47. The van der Waals surface area contributed by atoms with Crippen molar-refractivity contribution < 1.29 is 11.0 Å². The van der Waals surface area contributed by atoms with Crippen molar-refractivity contribution in [1.29, 1.82) is 0 Å². The molecule has 0 saturated carbocycles. The molecule has 2 aromatic heterocycles. The van der Waals surface area contributed by atoms with Crippen molar-refractivity contribution in [3.05, 3.63) is 47.4 Å². The van der Waals surface area contributed by atoms with Gasteiger partial charge < -0.3 is 21.3 Å². The summed E-state index contributed by atoms with van der Waals surface area (Å²) in [6.45, 7) is 3.30. The Labute approximate surface area is 177 Å². The summed E-state index contributed by atoms with van der Waals surface area (Å²) in [5, 5.41) is 3.51. The SMILES string of the molecule is CC1CC(c2ncc3[nH]c(-c4ccc5c(c4)CCCC5)cc3n2)CCN1.Cl.O.O. The van der Waals surface area contributed by atoms with Gasteiger partial charge >= 0.3 is 0 Å². The molecule has 0 spiro atoms. The lowest BCUT2D eigenvalue weighted by atomic mass is 9.90. The molecule has 0 radical (unpaired) electrons. The lowest BCUT2D eigenvalue weighted by molar-refractivity contribution is 0.371. The lowest BCUT2D eigenvalue weighted by Crippen LogP contribution is -2.35. The van der Waals surface area contributed by atoms with E-state index in [0.717, 1.165) is 41.9 Å². The Morgan fingerprint density at radius 2 is 1.83 bits per heavy atom. The van der Waals surface area contributed by atoms with Crippen LogP contribution in [0.15, 0.2) is 30.5 Å². The molecule has 6 N–H and O–H groups in total. The van der Waals surface area contributed by atoms with E-state index in [4.69, 9.17) is 4.98 Å². The standard InChI is InChI=1S/C22H26N4.ClH.2H2O/c1-14-10-18(8-9-23-14)22-24-13-21-20(26-22)12-19(25-21)17-7-6-15-4-2-3-5-16(15)11-17;;;/h6-7,11-14,18,23,25H,2-5,8-10H2,1H3;1H;2*1H2. The maximum atomic E-state index is 4.90. The second kappa shape index (κ2) is 9.67. The summed E-state index contributed by atoms with van der Waals surface area (Å²) < 4.78 is 0. The number of aryl methyl sites for hydroxylation is 2. The fraction of sp³-hybridized carbons (Fsp3) is 0.455. The largest absolute Gasteiger partial charge is 0.412 e. The third-order valence-corrected chi connectivity index (χ3v) is 6.04. The summed E-state index contributed by atoms with van der Waals surface area (Å²) in [6.07, 6.45) is 9.28. The van der Waals surface area contributed by atoms with Crippen LogP contribution >= 0.6 is 12.4 Å². The molecular formula is C22H31ClN4O2. The predicted octanol–water partition coefficient (Wildman–Crippen LogP) is 3.13. The van der Waals surface area contributed by atoms with Gasteiger partial charge in [-0.15, -0.1) is 12.4 Å². The van der Waals surface area contributed by atoms with Crippen molar-refractivity contribution in [2.45, 2.75) is 57.4 Å². The highest BCUT2D eigenvalue weighted by molar-refractivity contribution is 5.85. The molecule has 5 rings (SSSR count). The highest BCUT2D eigenvalue weighted by atomic mass is 35.5. The van der Waals surface area contributed by atoms with Crippen molar-refractivity contribution >= 4 is 23.4 Å². The summed E-state index contributed by atoms with van der Waals surface area (Å²) >= 11 is 0. The van der Waals surface area contributed by atoms with Crippen molar-refractivity contribution in [3.63, 3.8) is 0 Å². The minimum Gasteiger partial charge on any atom is -0.412 e. The summed E-state index contributed by atoms with van der Waals surface area (Å²) in [7, 11) is 0. The molecule has 3 heterocycles. The van der Waals surface area contributed by atoms with E-state index in [-0.39, 0.29) is 23.4 Å². The second-order valence-corrected chi connectivity index (χ2v) is 7.98. The molecule has 6 nitrogen and oxygen atoms in total.